The number of hydrogen-bond acceptors (Lipinski definition) is 3. The standard InChI is InChI=1S/C18H29N3/c1-3-14-6-4-5-7-17(14)18(12-19)21-11-10-15-8-9-16(13-21)20(15)2/h4-7,15-16,18H,3,8-13,19H2,1-2H3. The molecule has 3 rings (SSSR count). The third-order valence-electron chi connectivity index (χ3n) is 5.64. The highest BCUT2D eigenvalue weighted by Crippen LogP contribution is 2.33. The Morgan fingerprint density at radius 3 is 2.71 bits per heavy atom. The SMILES string of the molecule is CCc1ccccc1C(CN)N1CCC2CCC(C1)N2C. The van der Waals surface area contributed by atoms with Crippen molar-refractivity contribution in [1.82, 2.24) is 9.80 Å². The molecular weight excluding hydrogens is 258 g/mol. The first-order valence-electron chi connectivity index (χ1n) is 8.48. The maximum atomic E-state index is 6.19. The van der Waals surface area contributed by atoms with Crippen LogP contribution in [-0.4, -0.2) is 48.6 Å². The van der Waals surface area contributed by atoms with E-state index in [1.165, 1.54) is 43.5 Å². The number of likely N-dealkylation sites (N-methyl/N-ethyl adjacent to an activating group) is 1. The topological polar surface area (TPSA) is 32.5 Å². The van der Waals surface area contributed by atoms with Gasteiger partial charge in [0.25, 0.3) is 0 Å². The third kappa shape index (κ3) is 2.87. The number of nitrogens with two attached hydrogens (primary N) is 1. The Bertz CT molecular complexity index is 473. The van der Waals surface area contributed by atoms with Gasteiger partial charge in [0, 0.05) is 37.8 Å². The van der Waals surface area contributed by atoms with Crippen molar-refractivity contribution in [2.24, 2.45) is 5.73 Å². The van der Waals surface area contributed by atoms with Crippen LogP contribution in [0.2, 0.25) is 0 Å². The van der Waals surface area contributed by atoms with Gasteiger partial charge < -0.3 is 5.73 Å². The molecule has 2 bridgehead atoms. The first-order valence-corrected chi connectivity index (χ1v) is 8.48. The molecule has 2 heterocycles. The number of rotatable bonds is 4. The fraction of sp³-hybridized carbons (Fsp3) is 0.667. The molecule has 0 spiro atoms. The predicted octanol–water partition coefficient (Wildman–Crippen LogP) is 2.42. The lowest BCUT2D eigenvalue weighted by Gasteiger charge is -2.34. The van der Waals surface area contributed by atoms with E-state index in [0.717, 1.165) is 25.0 Å². The van der Waals surface area contributed by atoms with Gasteiger partial charge in [0.2, 0.25) is 0 Å². The average molecular weight is 287 g/mol. The fourth-order valence-electron chi connectivity index (χ4n) is 4.27. The molecule has 116 valence electrons. The van der Waals surface area contributed by atoms with Crippen molar-refractivity contribution in [1.29, 1.82) is 0 Å². The van der Waals surface area contributed by atoms with Crippen LogP contribution in [0.25, 0.3) is 0 Å². The summed E-state index contributed by atoms with van der Waals surface area (Å²) in [7, 11) is 2.31. The van der Waals surface area contributed by atoms with Crippen LogP contribution in [0, 0.1) is 0 Å². The van der Waals surface area contributed by atoms with Crippen molar-refractivity contribution in [3.63, 3.8) is 0 Å². The Hall–Kier alpha value is -0.900. The second-order valence-electron chi connectivity index (χ2n) is 6.64. The van der Waals surface area contributed by atoms with E-state index in [1.807, 2.05) is 0 Å². The van der Waals surface area contributed by atoms with Crippen molar-refractivity contribution < 1.29 is 0 Å². The van der Waals surface area contributed by atoms with Crippen LogP contribution in [0.3, 0.4) is 0 Å². The van der Waals surface area contributed by atoms with Crippen molar-refractivity contribution >= 4 is 0 Å². The molecule has 3 atom stereocenters. The molecule has 0 aliphatic carbocycles. The molecule has 0 amide bonds. The zero-order valence-electron chi connectivity index (χ0n) is 13.5. The van der Waals surface area contributed by atoms with Crippen LogP contribution >= 0.6 is 0 Å². The third-order valence-corrected chi connectivity index (χ3v) is 5.64. The van der Waals surface area contributed by atoms with Gasteiger partial charge in [-0.25, -0.2) is 0 Å². The summed E-state index contributed by atoms with van der Waals surface area (Å²) in [5.74, 6) is 0. The van der Waals surface area contributed by atoms with Crippen LogP contribution in [0.15, 0.2) is 24.3 Å². The molecule has 0 saturated carbocycles. The number of benzene rings is 1. The molecule has 2 fully saturated rings. The number of aryl methyl sites for hydroxylation is 1. The maximum Gasteiger partial charge on any atom is 0.0473 e. The molecule has 2 saturated heterocycles. The highest BCUT2D eigenvalue weighted by molar-refractivity contribution is 5.30. The first-order chi connectivity index (χ1) is 10.2. The lowest BCUT2D eigenvalue weighted by Crippen LogP contribution is -2.41. The van der Waals surface area contributed by atoms with E-state index in [9.17, 15) is 0 Å². The largest absolute Gasteiger partial charge is 0.329 e. The van der Waals surface area contributed by atoms with E-state index in [0.29, 0.717) is 6.04 Å². The summed E-state index contributed by atoms with van der Waals surface area (Å²) in [6.07, 6.45) is 5.11. The molecule has 2 N–H and O–H groups in total. The summed E-state index contributed by atoms with van der Waals surface area (Å²) in [5.41, 5.74) is 9.09. The molecule has 2 aliphatic rings. The van der Waals surface area contributed by atoms with E-state index in [1.54, 1.807) is 0 Å². The van der Waals surface area contributed by atoms with E-state index >= 15 is 0 Å². The van der Waals surface area contributed by atoms with E-state index in [2.05, 4.69) is 48.0 Å². The Labute approximate surface area is 129 Å². The van der Waals surface area contributed by atoms with Gasteiger partial charge in [0.1, 0.15) is 0 Å². The van der Waals surface area contributed by atoms with Gasteiger partial charge in [-0.1, -0.05) is 31.2 Å². The highest BCUT2D eigenvalue weighted by atomic mass is 15.3. The molecule has 0 aromatic heterocycles. The molecule has 3 unspecified atom stereocenters. The van der Waals surface area contributed by atoms with Gasteiger partial charge in [-0.3, -0.25) is 9.80 Å². The number of hydrogen-bond donors (Lipinski definition) is 1. The van der Waals surface area contributed by atoms with Crippen LogP contribution in [0.1, 0.15) is 43.4 Å². The van der Waals surface area contributed by atoms with E-state index in [-0.39, 0.29) is 0 Å². The summed E-state index contributed by atoms with van der Waals surface area (Å²) in [4.78, 5) is 5.26. The molecule has 1 aromatic rings. The molecular formula is C18H29N3. The van der Waals surface area contributed by atoms with Crippen molar-refractivity contribution in [3.8, 4) is 0 Å². The Kier molecular flexibility index (Phi) is 4.63. The second-order valence-corrected chi connectivity index (χ2v) is 6.64. The summed E-state index contributed by atoms with van der Waals surface area (Å²) >= 11 is 0. The van der Waals surface area contributed by atoms with Gasteiger partial charge in [-0.05, 0) is 43.9 Å². The highest BCUT2D eigenvalue weighted by Gasteiger charge is 2.36. The van der Waals surface area contributed by atoms with Gasteiger partial charge >= 0.3 is 0 Å². The van der Waals surface area contributed by atoms with E-state index in [4.69, 9.17) is 5.73 Å². The lowest BCUT2D eigenvalue weighted by atomic mass is 9.96. The minimum atomic E-state index is 0.383. The van der Waals surface area contributed by atoms with Gasteiger partial charge in [-0.15, -0.1) is 0 Å². The van der Waals surface area contributed by atoms with Gasteiger partial charge in [0.15, 0.2) is 0 Å². The number of nitrogens with zero attached hydrogens (tertiary/aromatic N) is 2. The maximum absolute atomic E-state index is 6.19. The Morgan fingerprint density at radius 1 is 1.19 bits per heavy atom. The summed E-state index contributed by atoms with van der Waals surface area (Å²) in [5, 5.41) is 0. The Morgan fingerprint density at radius 2 is 1.95 bits per heavy atom. The minimum Gasteiger partial charge on any atom is -0.329 e. The van der Waals surface area contributed by atoms with Crippen molar-refractivity contribution in [2.45, 2.75) is 50.7 Å². The smallest absolute Gasteiger partial charge is 0.0473 e. The quantitative estimate of drug-likeness (QED) is 0.923. The molecule has 3 nitrogen and oxygen atoms in total. The number of likely N-dealkylation sites (tertiary alicyclic amines) is 1. The van der Waals surface area contributed by atoms with Crippen molar-refractivity contribution in [3.05, 3.63) is 35.4 Å². The predicted molar refractivity (Wildman–Crippen MR) is 88.4 cm³/mol. The molecule has 3 heteroatoms. The summed E-state index contributed by atoms with van der Waals surface area (Å²) in [6.45, 7) is 5.32. The normalized spacial score (nSPS) is 28.5. The van der Waals surface area contributed by atoms with E-state index < -0.39 is 0 Å². The number of fused-ring (bicyclic) bond motifs is 2. The zero-order valence-corrected chi connectivity index (χ0v) is 13.5. The molecule has 0 radical (unpaired) electrons. The lowest BCUT2D eigenvalue weighted by molar-refractivity contribution is 0.174. The molecule has 1 aromatic carbocycles. The van der Waals surface area contributed by atoms with Crippen LogP contribution in [-0.2, 0) is 6.42 Å². The van der Waals surface area contributed by atoms with Gasteiger partial charge in [0.05, 0.1) is 0 Å². The summed E-state index contributed by atoms with van der Waals surface area (Å²) < 4.78 is 0. The second kappa shape index (κ2) is 6.47. The first kappa shape index (κ1) is 15.0. The average Bonchev–Trinajstić information content (AvgIpc) is 2.75. The molecule has 2 aliphatic heterocycles. The zero-order chi connectivity index (χ0) is 14.8. The van der Waals surface area contributed by atoms with Crippen LogP contribution < -0.4 is 5.73 Å². The fourth-order valence-corrected chi connectivity index (χ4v) is 4.27. The molecule has 21 heavy (non-hydrogen) atoms. The van der Waals surface area contributed by atoms with Crippen LogP contribution in [0.4, 0.5) is 0 Å². The minimum absolute atomic E-state index is 0.383. The van der Waals surface area contributed by atoms with Crippen LogP contribution in [0.5, 0.6) is 0 Å². The summed E-state index contributed by atoms with van der Waals surface area (Å²) in [6, 6.07) is 10.7. The Balaban J connectivity index is 1.83. The monoisotopic (exact) mass is 287 g/mol. The van der Waals surface area contributed by atoms with Crippen molar-refractivity contribution in [2.75, 3.05) is 26.7 Å². The van der Waals surface area contributed by atoms with Gasteiger partial charge in [-0.2, -0.15) is 0 Å².